The van der Waals surface area contributed by atoms with Crippen molar-refractivity contribution in [2.75, 3.05) is 11.8 Å². The number of benzene rings is 5. The van der Waals surface area contributed by atoms with Crippen molar-refractivity contribution in [2.24, 2.45) is 0 Å². The van der Waals surface area contributed by atoms with Crippen LogP contribution in [0.15, 0.2) is 95.9 Å². The van der Waals surface area contributed by atoms with Gasteiger partial charge in [-0.1, -0.05) is 54.6 Å². The molecule has 3 N–H and O–H groups in total. The third-order valence-corrected chi connectivity index (χ3v) is 8.43. The summed E-state index contributed by atoms with van der Waals surface area (Å²) in [5, 5.41) is 2.68. The molecule has 0 fully saturated rings. The van der Waals surface area contributed by atoms with E-state index in [1.807, 2.05) is 30.3 Å². The zero-order valence-corrected chi connectivity index (χ0v) is 21.2. The number of hydrogen-bond acceptors (Lipinski definition) is 7. The summed E-state index contributed by atoms with van der Waals surface area (Å²) in [7, 11) is -6.76. The minimum atomic E-state index is -4.29. The molecule has 0 atom stereocenters. The fourth-order valence-corrected chi connectivity index (χ4v) is 6.50. The summed E-state index contributed by atoms with van der Waals surface area (Å²) in [5.74, 6) is 0.946. The highest BCUT2D eigenvalue weighted by Crippen LogP contribution is 2.61. The van der Waals surface area contributed by atoms with Gasteiger partial charge in [0.05, 0.1) is 17.7 Å². The van der Waals surface area contributed by atoms with E-state index in [2.05, 4.69) is 4.72 Å². The van der Waals surface area contributed by atoms with Crippen molar-refractivity contribution in [1.29, 1.82) is 0 Å². The first kappa shape index (κ1) is 23.5. The summed E-state index contributed by atoms with van der Waals surface area (Å²) in [4.78, 5) is 21.3. The Hall–Kier alpha value is -3.88. The summed E-state index contributed by atoms with van der Waals surface area (Å²) in [5.41, 5.74) is 1.32. The number of nitrogens with one attached hydrogen (secondary N) is 1. The van der Waals surface area contributed by atoms with Gasteiger partial charge < -0.3 is 4.74 Å². The molecular weight excluding hydrogens is 513 g/mol. The largest absolute Gasteiger partial charge is 0.663 e. The van der Waals surface area contributed by atoms with Gasteiger partial charge in [0.1, 0.15) is 5.75 Å². The van der Waals surface area contributed by atoms with Crippen LogP contribution in [0.25, 0.3) is 32.7 Å². The lowest BCUT2D eigenvalue weighted by Crippen LogP contribution is -2.13. The lowest BCUT2D eigenvalue weighted by Gasteiger charge is -2.16. The minimum Gasteiger partial charge on any atom is -0.497 e. The van der Waals surface area contributed by atoms with Crippen LogP contribution in [-0.4, -0.2) is 25.3 Å². The van der Waals surface area contributed by atoms with Crippen LogP contribution < -0.4 is 18.5 Å². The third kappa shape index (κ3) is 4.12. The molecule has 0 saturated heterocycles. The van der Waals surface area contributed by atoms with Gasteiger partial charge in [0.2, 0.25) is 5.75 Å². The Kier molecular flexibility index (Phi) is 5.47. The van der Waals surface area contributed by atoms with E-state index >= 15 is 0 Å². The van der Waals surface area contributed by atoms with Gasteiger partial charge in [-0.15, -0.1) is 0 Å². The van der Waals surface area contributed by atoms with Crippen LogP contribution in [0.5, 0.6) is 17.2 Å². The van der Waals surface area contributed by atoms with E-state index in [1.54, 1.807) is 48.5 Å². The smallest absolute Gasteiger partial charge is 0.497 e. The molecule has 1 aliphatic rings. The van der Waals surface area contributed by atoms with Crippen LogP contribution in [0.2, 0.25) is 0 Å². The number of rotatable bonds is 4. The van der Waals surface area contributed by atoms with Gasteiger partial charge in [-0.2, -0.15) is 9.79 Å². The predicted octanol–water partition coefficient (Wildman–Crippen LogP) is 5.90. The van der Waals surface area contributed by atoms with E-state index in [9.17, 15) is 18.2 Å². The maximum absolute atomic E-state index is 13.4. The quantitative estimate of drug-likeness (QED) is 0.246. The van der Waals surface area contributed by atoms with Crippen LogP contribution in [0.4, 0.5) is 5.69 Å². The van der Waals surface area contributed by atoms with Gasteiger partial charge in [0.25, 0.3) is 10.0 Å². The fraction of sp³-hybridized carbons (Fsp3) is 0.0370. The van der Waals surface area contributed by atoms with Crippen molar-refractivity contribution < 1.29 is 32.0 Å². The molecule has 0 amide bonds. The van der Waals surface area contributed by atoms with E-state index in [0.29, 0.717) is 33.3 Å². The van der Waals surface area contributed by atoms with Crippen molar-refractivity contribution in [1.82, 2.24) is 0 Å². The summed E-state index contributed by atoms with van der Waals surface area (Å²) in [6.07, 6.45) is 0. The molecule has 0 spiro atoms. The Morgan fingerprint density at radius 1 is 0.811 bits per heavy atom. The second-order valence-corrected chi connectivity index (χ2v) is 11.5. The van der Waals surface area contributed by atoms with Crippen LogP contribution in [0, 0.1) is 0 Å². The van der Waals surface area contributed by atoms with Gasteiger partial charge in [0, 0.05) is 21.9 Å². The molecule has 0 aromatic heterocycles. The third-order valence-electron chi connectivity index (χ3n) is 6.20. The topological polar surface area (TPSA) is 114 Å². The van der Waals surface area contributed by atoms with Crippen molar-refractivity contribution in [3.05, 3.63) is 91.0 Å². The number of hydrogen-bond donors (Lipinski definition) is 3. The molecule has 1 aliphatic heterocycles. The SMILES string of the molecule is COc1ccc(S(=O)(=O)Nc2cc3c(c4ccccc24)O[P+](O)(O)Oc2ccc4ccccc4c2-3)cc1. The van der Waals surface area contributed by atoms with Crippen molar-refractivity contribution in [3.63, 3.8) is 0 Å². The summed E-state index contributed by atoms with van der Waals surface area (Å²) in [6.45, 7) is 0. The molecule has 1 heterocycles. The Morgan fingerprint density at radius 3 is 2.22 bits per heavy atom. The van der Waals surface area contributed by atoms with E-state index in [4.69, 9.17) is 13.8 Å². The maximum Gasteiger partial charge on any atom is 0.663 e. The Balaban J connectivity index is 1.62. The zero-order chi connectivity index (χ0) is 25.8. The standard InChI is InChI=1S/C27H21NO7PS/c1-33-18-11-13-19(14-12-18)37(31,32)28-24-16-23-26-20-7-3-2-6-17(20)10-15-25(26)34-36(29,30)35-27(23)22-9-5-4-8-21(22)24/h2-16,28-30H,1H3/q+1. The lowest BCUT2D eigenvalue weighted by molar-refractivity contribution is 0.251. The van der Waals surface area contributed by atoms with Crippen molar-refractivity contribution in [3.8, 4) is 28.4 Å². The normalized spacial score (nSPS) is 14.1. The average molecular weight is 535 g/mol. The Labute approximate surface area is 213 Å². The molecular formula is C27H21NO7PS+. The highest BCUT2D eigenvalue weighted by molar-refractivity contribution is 7.92. The molecule has 6 rings (SSSR count). The molecule has 10 heteroatoms. The van der Waals surface area contributed by atoms with Crippen molar-refractivity contribution >= 4 is 45.4 Å². The highest BCUT2D eigenvalue weighted by Gasteiger charge is 2.48. The molecule has 186 valence electrons. The zero-order valence-electron chi connectivity index (χ0n) is 19.5. The lowest BCUT2D eigenvalue weighted by atomic mass is 9.93. The Morgan fingerprint density at radius 2 is 1.49 bits per heavy atom. The second-order valence-electron chi connectivity index (χ2n) is 8.46. The van der Waals surface area contributed by atoms with E-state index < -0.39 is 18.2 Å². The Bertz CT molecular complexity index is 1790. The number of anilines is 1. The molecule has 5 aromatic carbocycles. The van der Waals surface area contributed by atoms with E-state index in [0.717, 1.165) is 10.8 Å². The molecule has 0 saturated carbocycles. The minimum absolute atomic E-state index is 0.0633. The first-order valence-electron chi connectivity index (χ1n) is 11.2. The van der Waals surface area contributed by atoms with E-state index in [-0.39, 0.29) is 16.4 Å². The van der Waals surface area contributed by atoms with E-state index in [1.165, 1.54) is 19.2 Å². The fourth-order valence-electron chi connectivity index (χ4n) is 4.55. The molecule has 8 nitrogen and oxygen atoms in total. The number of fused-ring (bicyclic) bond motifs is 7. The first-order chi connectivity index (χ1) is 17.8. The van der Waals surface area contributed by atoms with Crippen LogP contribution >= 0.6 is 8.17 Å². The second kappa shape index (κ2) is 8.61. The van der Waals surface area contributed by atoms with Crippen molar-refractivity contribution in [2.45, 2.75) is 4.90 Å². The summed E-state index contributed by atoms with van der Waals surface area (Å²) in [6, 6.07) is 25.7. The van der Waals surface area contributed by atoms with Crippen LogP contribution in [0.3, 0.4) is 0 Å². The number of ether oxygens (including phenoxy) is 1. The number of sulfonamides is 1. The number of methoxy groups -OCH3 is 1. The van der Waals surface area contributed by atoms with Gasteiger partial charge in [-0.25, -0.2) is 8.42 Å². The maximum atomic E-state index is 13.4. The molecule has 0 radical (unpaired) electrons. The molecule has 0 bridgehead atoms. The summed E-state index contributed by atoms with van der Waals surface area (Å²) >= 11 is 0. The highest BCUT2D eigenvalue weighted by atomic mass is 32.2. The van der Waals surface area contributed by atoms with Gasteiger partial charge in [-0.05, 0) is 47.2 Å². The van der Waals surface area contributed by atoms with Gasteiger partial charge in [0.15, 0.2) is 5.75 Å². The van der Waals surface area contributed by atoms with Crippen LogP contribution in [0.1, 0.15) is 0 Å². The summed E-state index contributed by atoms with van der Waals surface area (Å²) < 4.78 is 45.8. The molecule has 37 heavy (non-hydrogen) atoms. The van der Waals surface area contributed by atoms with Crippen LogP contribution in [-0.2, 0) is 10.0 Å². The molecule has 5 aromatic rings. The molecule has 0 aliphatic carbocycles. The average Bonchev–Trinajstić information content (AvgIpc) is 3.01. The molecule has 0 unspecified atom stereocenters. The monoisotopic (exact) mass is 534 g/mol. The van der Waals surface area contributed by atoms with Gasteiger partial charge in [-0.3, -0.25) is 13.8 Å². The first-order valence-corrected chi connectivity index (χ1v) is 14.3. The predicted molar refractivity (Wildman–Crippen MR) is 143 cm³/mol. The van der Waals surface area contributed by atoms with Gasteiger partial charge >= 0.3 is 8.17 Å².